The normalized spacial score (nSPS) is 28.6. The van der Waals surface area contributed by atoms with Gasteiger partial charge in [0.1, 0.15) is 6.04 Å². The molecule has 0 spiro atoms. The Morgan fingerprint density at radius 2 is 1.93 bits per heavy atom. The van der Waals surface area contributed by atoms with E-state index in [1.807, 2.05) is 4.90 Å². The molecule has 1 aromatic carbocycles. The Hall–Kier alpha value is -2.30. The number of urea groups is 1. The predicted molar refractivity (Wildman–Crippen MR) is 101 cm³/mol. The number of hydrogen-bond acceptors (Lipinski definition) is 4. The maximum Gasteiger partial charge on any atom is 0.321 e. The number of carbonyl (C=O) groups excluding carboxylic acids is 2. The molecule has 7 nitrogen and oxygen atoms in total. The van der Waals surface area contributed by atoms with E-state index in [4.69, 9.17) is 16.9 Å². The lowest BCUT2D eigenvalue weighted by atomic mass is 10.2. The Morgan fingerprint density at radius 1 is 1.22 bits per heavy atom. The molecule has 2 saturated heterocycles. The van der Waals surface area contributed by atoms with E-state index in [2.05, 4.69) is 16.7 Å². The van der Waals surface area contributed by atoms with Crippen molar-refractivity contribution in [2.45, 2.75) is 24.9 Å². The molecule has 0 radical (unpaired) electrons. The second kappa shape index (κ2) is 7.37. The minimum absolute atomic E-state index is 0.00126. The number of halogens is 1. The monoisotopic (exact) mass is 387 g/mol. The van der Waals surface area contributed by atoms with Gasteiger partial charge in [-0.3, -0.25) is 4.79 Å². The highest BCUT2D eigenvalue weighted by atomic mass is 35.5. The SMILES string of the molecule is N#C[C@@H]1CCCN1C(=O)CNC1C2CN(C(=O)Nc3ccc(Cl)cc3)CC21. The molecule has 1 aliphatic carbocycles. The smallest absolute Gasteiger partial charge is 0.321 e. The van der Waals surface area contributed by atoms with Crippen molar-refractivity contribution in [2.24, 2.45) is 11.8 Å². The van der Waals surface area contributed by atoms with Crippen molar-refractivity contribution in [2.75, 3.05) is 31.5 Å². The highest BCUT2D eigenvalue weighted by molar-refractivity contribution is 6.30. The van der Waals surface area contributed by atoms with Crippen LogP contribution in [0.5, 0.6) is 0 Å². The van der Waals surface area contributed by atoms with E-state index in [9.17, 15) is 9.59 Å². The van der Waals surface area contributed by atoms with Crippen LogP contribution in [0.1, 0.15) is 12.8 Å². The maximum absolute atomic E-state index is 12.4. The first kappa shape index (κ1) is 18.1. The zero-order chi connectivity index (χ0) is 19.0. The summed E-state index contributed by atoms with van der Waals surface area (Å²) in [6, 6.07) is 9.15. The van der Waals surface area contributed by atoms with Gasteiger partial charge in [0, 0.05) is 36.4 Å². The van der Waals surface area contributed by atoms with Crippen LogP contribution in [0.25, 0.3) is 0 Å². The molecule has 2 heterocycles. The minimum Gasteiger partial charge on any atom is -0.326 e. The first-order valence-electron chi connectivity index (χ1n) is 9.31. The third-order valence-corrected chi connectivity index (χ3v) is 6.04. The molecule has 1 saturated carbocycles. The van der Waals surface area contributed by atoms with Gasteiger partial charge >= 0.3 is 6.03 Å². The summed E-state index contributed by atoms with van der Waals surface area (Å²) in [5.41, 5.74) is 0.725. The van der Waals surface area contributed by atoms with Crippen LogP contribution in [-0.4, -0.2) is 60.0 Å². The van der Waals surface area contributed by atoms with Crippen LogP contribution in [0.2, 0.25) is 5.02 Å². The van der Waals surface area contributed by atoms with Crippen LogP contribution in [0.3, 0.4) is 0 Å². The maximum atomic E-state index is 12.4. The number of anilines is 1. The molecule has 2 aliphatic heterocycles. The molecule has 8 heteroatoms. The van der Waals surface area contributed by atoms with Crippen LogP contribution in [0.4, 0.5) is 10.5 Å². The molecule has 3 atom stereocenters. The van der Waals surface area contributed by atoms with Crippen molar-refractivity contribution in [3.05, 3.63) is 29.3 Å². The van der Waals surface area contributed by atoms with Gasteiger partial charge in [0.25, 0.3) is 0 Å². The summed E-state index contributed by atoms with van der Waals surface area (Å²) in [6.07, 6.45) is 1.67. The van der Waals surface area contributed by atoms with Crippen molar-refractivity contribution < 1.29 is 9.59 Å². The fraction of sp³-hybridized carbons (Fsp3) is 0.526. The van der Waals surface area contributed by atoms with Crippen LogP contribution in [0, 0.1) is 23.2 Å². The number of nitrogens with one attached hydrogen (secondary N) is 2. The lowest BCUT2D eigenvalue weighted by Gasteiger charge is -2.22. The Kier molecular flexibility index (Phi) is 4.94. The Bertz CT molecular complexity index is 765. The highest BCUT2D eigenvalue weighted by Crippen LogP contribution is 2.45. The number of hydrogen-bond donors (Lipinski definition) is 2. The number of rotatable bonds is 4. The molecule has 1 aromatic rings. The summed E-state index contributed by atoms with van der Waals surface area (Å²) in [4.78, 5) is 28.1. The topological polar surface area (TPSA) is 88.5 Å². The average Bonchev–Trinajstić information content (AvgIpc) is 3.06. The zero-order valence-corrected chi connectivity index (χ0v) is 15.7. The Morgan fingerprint density at radius 3 is 2.59 bits per heavy atom. The zero-order valence-electron chi connectivity index (χ0n) is 14.9. The van der Waals surface area contributed by atoms with Gasteiger partial charge in [-0.1, -0.05) is 11.6 Å². The number of nitriles is 1. The van der Waals surface area contributed by atoms with Crippen molar-refractivity contribution >= 4 is 29.2 Å². The summed E-state index contributed by atoms with van der Waals surface area (Å²) in [6.45, 7) is 2.34. The van der Waals surface area contributed by atoms with Gasteiger partial charge in [0.15, 0.2) is 0 Å². The lowest BCUT2D eigenvalue weighted by Crippen LogP contribution is -2.43. The second-order valence-corrected chi connectivity index (χ2v) is 7.89. The van der Waals surface area contributed by atoms with Crippen LogP contribution in [0.15, 0.2) is 24.3 Å². The van der Waals surface area contributed by atoms with E-state index >= 15 is 0 Å². The van der Waals surface area contributed by atoms with Gasteiger partial charge in [0.2, 0.25) is 5.91 Å². The van der Waals surface area contributed by atoms with Crippen LogP contribution >= 0.6 is 11.6 Å². The molecule has 2 N–H and O–H groups in total. The number of benzene rings is 1. The van der Waals surface area contributed by atoms with Gasteiger partial charge in [-0.15, -0.1) is 0 Å². The Labute approximate surface area is 163 Å². The minimum atomic E-state index is -0.273. The molecule has 3 fully saturated rings. The number of likely N-dealkylation sites (tertiary alicyclic amines) is 2. The standard InChI is InChI=1S/C19H22ClN5O2/c20-12-3-5-13(6-4-12)23-19(27)24-10-15-16(11-24)18(15)22-9-17(26)25-7-1-2-14(25)8-21/h3-6,14-16,18,22H,1-2,7,9-11H2,(H,23,27)/t14-,15?,16?,18?/m0/s1. The molecular weight excluding hydrogens is 366 g/mol. The van der Waals surface area contributed by atoms with Gasteiger partial charge in [0.05, 0.1) is 12.6 Å². The number of nitrogens with zero attached hydrogens (tertiary/aromatic N) is 3. The third-order valence-electron chi connectivity index (χ3n) is 5.79. The lowest BCUT2D eigenvalue weighted by molar-refractivity contribution is -0.130. The molecule has 4 rings (SSSR count). The predicted octanol–water partition coefficient (Wildman–Crippen LogP) is 1.91. The molecule has 3 amide bonds. The summed E-state index contributed by atoms with van der Waals surface area (Å²) >= 11 is 5.85. The van der Waals surface area contributed by atoms with E-state index in [0.29, 0.717) is 36.5 Å². The largest absolute Gasteiger partial charge is 0.326 e. The molecule has 27 heavy (non-hydrogen) atoms. The second-order valence-electron chi connectivity index (χ2n) is 7.45. The summed E-state index contributed by atoms with van der Waals surface area (Å²) < 4.78 is 0. The summed E-state index contributed by atoms with van der Waals surface area (Å²) in [5, 5.41) is 15.9. The van der Waals surface area contributed by atoms with Crippen LogP contribution in [-0.2, 0) is 4.79 Å². The molecule has 142 valence electrons. The van der Waals surface area contributed by atoms with Gasteiger partial charge in [-0.2, -0.15) is 5.26 Å². The van der Waals surface area contributed by atoms with Crippen molar-refractivity contribution in [3.8, 4) is 6.07 Å². The van der Waals surface area contributed by atoms with Crippen LogP contribution < -0.4 is 10.6 Å². The molecule has 2 unspecified atom stereocenters. The van der Waals surface area contributed by atoms with Crippen molar-refractivity contribution in [1.29, 1.82) is 5.26 Å². The number of fused-ring (bicyclic) bond motifs is 1. The van der Waals surface area contributed by atoms with Crippen molar-refractivity contribution in [3.63, 3.8) is 0 Å². The highest BCUT2D eigenvalue weighted by Gasteiger charge is 2.56. The van der Waals surface area contributed by atoms with Gasteiger partial charge in [-0.25, -0.2) is 4.79 Å². The number of amides is 3. The van der Waals surface area contributed by atoms with E-state index in [-0.39, 0.29) is 30.6 Å². The first-order valence-corrected chi connectivity index (χ1v) is 9.68. The molecular formula is C19H22ClN5O2. The first-order chi connectivity index (χ1) is 13.1. The third kappa shape index (κ3) is 3.73. The van der Waals surface area contributed by atoms with Gasteiger partial charge < -0.3 is 20.4 Å². The number of carbonyl (C=O) groups is 2. The van der Waals surface area contributed by atoms with E-state index < -0.39 is 0 Å². The number of piperidine rings is 1. The fourth-order valence-corrected chi connectivity index (χ4v) is 4.36. The average molecular weight is 388 g/mol. The molecule has 0 bridgehead atoms. The summed E-state index contributed by atoms with van der Waals surface area (Å²) in [7, 11) is 0. The van der Waals surface area contributed by atoms with Gasteiger partial charge in [-0.05, 0) is 48.9 Å². The van der Waals surface area contributed by atoms with E-state index in [1.165, 1.54) is 0 Å². The van der Waals surface area contributed by atoms with Crippen molar-refractivity contribution in [1.82, 2.24) is 15.1 Å². The quantitative estimate of drug-likeness (QED) is 0.825. The molecule has 3 aliphatic rings. The fourth-order valence-electron chi connectivity index (χ4n) is 4.24. The molecule has 0 aromatic heterocycles. The van der Waals surface area contributed by atoms with E-state index in [1.54, 1.807) is 29.2 Å². The summed E-state index contributed by atoms with van der Waals surface area (Å²) in [5.74, 6) is 0.805. The van der Waals surface area contributed by atoms with E-state index in [0.717, 1.165) is 18.5 Å². The Balaban J connectivity index is 1.21.